The molecule has 0 fully saturated rings. The predicted molar refractivity (Wildman–Crippen MR) is 69.1 cm³/mol. The van der Waals surface area contributed by atoms with Crippen LogP contribution in [0.4, 0.5) is 10.2 Å². The van der Waals surface area contributed by atoms with Gasteiger partial charge in [0.15, 0.2) is 0 Å². The van der Waals surface area contributed by atoms with Crippen LogP contribution in [0.15, 0.2) is 35.6 Å². The summed E-state index contributed by atoms with van der Waals surface area (Å²) in [7, 11) is 1.66. The molecule has 2 N–H and O–H groups in total. The summed E-state index contributed by atoms with van der Waals surface area (Å²) in [6, 6.07) is 6.08. The third-order valence-electron chi connectivity index (χ3n) is 2.64. The van der Waals surface area contributed by atoms with Crippen LogP contribution in [-0.2, 0) is 0 Å². The minimum absolute atomic E-state index is 0.289. The monoisotopic (exact) mass is 244 g/mol. The molecule has 0 bridgehead atoms. The topological polar surface area (TPSA) is 64.2 Å². The molecule has 1 aromatic heterocycles. The van der Waals surface area contributed by atoms with E-state index in [2.05, 4.69) is 15.0 Å². The van der Waals surface area contributed by atoms with Crippen molar-refractivity contribution < 1.29 is 4.39 Å². The molecule has 2 rings (SSSR count). The molecule has 0 unspecified atom stereocenters. The highest BCUT2D eigenvalue weighted by Gasteiger charge is 2.14. The van der Waals surface area contributed by atoms with Crippen molar-refractivity contribution in [1.29, 1.82) is 0 Å². The van der Waals surface area contributed by atoms with Crippen LogP contribution in [0.2, 0.25) is 0 Å². The van der Waals surface area contributed by atoms with Crippen LogP contribution < -0.4 is 5.73 Å². The number of anilines is 1. The number of halogens is 1. The molecule has 5 heteroatoms. The van der Waals surface area contributed by atoms with Crippen molar-refractivity contribution in [3.8, 4) is 0 Å². The molecule has 4 nitrogen and oxygen atoms in total. The number of aryl methyl sites for hydroxylation is 1. The molecular weight excluding hydrogens is 231 g/mol. The number of nitrogens with two attached hydrogens (primary N) is 1. The van der Waals surface area contributed by atoms with Gasteiger partial charge in [-0.3, -0.25) is 4.99 Å². The number of hydrogen-bond donors (Lipinski definition) is 1. The zero-order valence-corrected chi connectivity index (χ0v) is 10.2. The van der Waals surface area contributed by atoms with Crippen molar-refractivity contribution in [2.24, 2.45) is 4.99 Å². The molecule has 92 valence electrons. The fourth-order valence-corrected chi connectivity index (χ4v) is 1.78. The van der Waals surface area contributed by atoms with Gasteiger partial charge < -0.3 is 5.73 Å². The van der Waals surface area contributed by atoms with Gasteiger partial charge in [-0.05, 0) is 31.2 Å². The highest BCUT2D eigenvalue weighted by Crippen LogP contribution is 2.18. The predicted octanol–water partition coefficient (Wildman–Crippen LogP) is 1.97. The molecule has 0 aliphatic carbocycles. The molecule has 0 aliphatic rings. The summed E-state index contributed by atoms with van der Waals surface area (Å²) in [5, 5.41) is 0. The van der Waals surface area contributed by atoms with Gasteiger partial charge >= 0.3 is 0 Å². The number of nitrogens with zero attached hydrogens (tertiary/aromatic N) is 3. The first kappa shape index (κ1) is 12.2. The van der Waals surface area contributed by atoms with Crippen molar-refractivity contribution in [2.75, 3.05) is 12.8 Å². The van der Waals surface area contributed by atoms with Gasteiger partial charge in [0.1, 0.15) is 18.0 Å². The molecule has 0 radical (unpaired) electrons. The van der Waals surface area contributed by atoms with Crippen LogP contribution in [0, 0.1) is 12.7 Å². The Hall–Kier alpha value is -2.30. The Morgan fingerprint density at radius 3 is 2.44 bits per heavy atom. The maximum Gasteiger partial charge on any atom is 0.136 e. The van der Waals surface area contributed by atoms with E-state index in [1.165, 1.54) is 18.5 Å². The first-order valence-electron chi connectivity index (χ1n) is 5.43. The molecule has 2 aromatic rings. The zero-order chi connectivity index (χ0) is 13.1. The van der Waals surface area contributed by atoms with Gasteiger partial charge in [-0.15, -0.1) is 0 Å². The summed E-state index contributed by atoms with van der Waals surface area (Å²) < 4.78 is 12.9. The lowest BCUT2D eigenvalue weighted by Gasteiger charge is -2.10. The van der Waals surface area contributed by atoms with Crippen molar-refractivity contribution in [1.82, 2.24) is 9.97 Å². The maximum atomic E-state index is 12.9. The van der Waals surface area contributed by atoms with E-state index >= 15 is 0 Å². The first-order chi connectivity index (χ1) is 8.63. The van der Waals surface area contributed by atoms with E-state index in [1.54, 1.807) is 19.2 Å². The van der Waals surface area contributed by atoms with E-state index in [4.69, 9.17) is 5.73 Å². The molecule has 0 aliphatic heterocycles. The van der Waals surface area contributed by atoms with Crippen molar-refractivity contribution in [3.05, 3.63) is 53.2 Å². The molecule has 0 saturated carbocycles. The van der Waals surface area contributed by atoms with Crippen LogP contribution in [0.25, 0.3) is 0 Å². The van der Waals surface area contributed by atoms with Gasteiger partial charge in [-0.1, -0.05) is 0 Å². The van der Waals surface area contributed by atoms with Gasteiger partial charge in [0.2, 0.25) is 0 Å². The zero-order valence-electron chi connectivity index (χ0n) is 10.2. The Balaban J connectivity index is 2.57. The fourth-order valence-electron chi connectivity index (χ4n) is 1.78. The number of hydrogen-bond acceptors (Lipinski definition) is 4. The lowest BCUT2D eigenvalue weighted by molar-refractivity contribution is 0.628. The third kappa shape index (κ3) is 2.20. The second-order valence-corrected chi connectivity index (χ2v) is 3.80. The van der Waals surface area contributed by atoms with Gasteiger partial charge in [0.25, 0.3) is 0 Å². The second kappa shape index (κ2) is 4.91. The van der Waals surface area contributed by atoms with Crippen LogP contribution in [0.5, 0.6) is 0 Å². The minimum Gasteiger partial charge on any atom is -0.383 e. The number of nitrogen functional groups attached to an aromatic ring is 1. The number of aliphatic imine (C=N–C) groups is 1. The molecule has 0 amide bonds. The smallest absolute Gasteiger partial charge is 0.136 e. The Labute approximate surface area is 104 Å². The Bertz CT molecular complexity index is 570. The SMILES string of the molecule is CN=C(c1ccc(F)cc1)c1c(C)ncnc1N. The summed E-state index contributed by atoms with van der Waals surface area (Å²) in [4.78, 5) is 12.3. The van der Waals surface area contributed by atoms with Gasteiger partial charge in [0, 0.05) is 12.6 Å². The van der Waals surface area contributed by atoms with E-state index in [9.17, 15) is 4.39 Å². The van der Waals surface area contributed by atoms with E-state index in [1.807, 2.05) is 6.92 Å². The molecule has 0 saturated heterocycles. The maximum absolute atomic E-state index is 12.9. The average molecular weight is 244 g/mol. The summed E-state index contributed by atoms with van der Waals surface area (Å²) in [6.45, 7) is 1.84. The molecular formula is C13H13FN4. The van der Waals surface area contributed by atoms with Crippen LogP contribution in [0.1, 0.15) is 16.8 Å². The quantitative estimate of drug-likeness (QED) is 0.821. The molecule has 18 heavy (non-hydrogen) atoms. The number of rotatable bonds is 2. The van der Waals surface area contributed by atoms with E-state index in [0.29, 0.717) is 17.1 Å². The van der Waals surface area contributed by atoms with E-state index in [0.717, 1.165) is 11.3 Å². The molecule has 0 spiro atoms. The van der Waals surface area contributed by atoms with E-state index < -0.39 is 0 Å². The standard InChI is InChI=1S/C13H13FN4/c1-8-11(13(15)18-7-17-8)12(16-2)9-3-5-10(14)6-4-9/h3-7H,1-2H3,(H2,15,17,18). The Morgan fingerprint density at radius 2 is 1.89 bits per heavy atom. The minimum atomic E-state index is -0.289. The molecule has 1 heterocycles. The van der Waals surface area contributed by atoms with Crippen LogP contribution >= 0.6 is 0 Å². The largest absolute Gasteiger partial charge is 0.383 e. The average Bonchev–Trinajstić information content (AvgIpc) is 2.35. The summed E-state index contributed by atoms with van der Waals surface area (Å²) in [5.74, 6) is 0.0793. The van der Waals surface area contributed by atoms with Crippen LogP contribution in [0.3, 0.4) is 0 Å². The van der Waals surface area contributed by atoms with Crippen molar-refractivity contribution in [2.45, 2.75) is 6.92 Å². The Morgan fingerprint density at radius 1 is 1.22 bits per heavy atom. The van der Waals surface area contributed by atoms with Gasteiger partial charge in [-0.25, -0.2) is 14.4 Å². The first-order valence-corrected chi connectivity index (χ1v) is 5.43. The number of benzene rings is 1. The summed E-state index contributed by atoms with van der Waals surface area (Å²) in [5.41, 5.74) is 8.73. The van der Waals surface area contributed by atoms with Crippen LogP contribution in [-0.4, -0.2) is 22.7 Å². The lowest BCUT2D eigenvalue weighted by atomic mass is 10.0. The third-order valence-corrected chi connectivity index (χ3v) is 2.64. The normalized spacial score (nSPS) is 11.6. The van der Waals surface area contributed by atoms with Crippen molar-refractivity contribution >= 4 is 11.5 Å². The second-order valence-electron chi connectivity index (χ2n) is 3.80. The van der Waals surface area contributed by atoms with E-state index in [-0.39, 0.29) is 5.82 Å². The molecule has 1 aromatic carbocycles. The highest BCUT2D eigenvalue weighted by molar-refractivity contribution is 6.15. The Kier molecular flexibility index (Phi) is 3.32. The summed E-state index contributed by atoms with van der Waals surface area (Å²) >= 11 is 0. The number of aromatic nitrogens is 2. The molecule has 0 atom stereocenters. The van der Waals surface area contributed by atoms with Gasteiger partial charge in [-0.2, -0.15) is 0 Å². The van der Waals surface area contributed by atoms with Crippen molar-refractivity contribution in [3.63, 3.8) is 0 Å². The highest BCUT2D eigenvalue weighted by atomic mass is 19.1. The fraction of sp³-hybridized carbons (Fsp3) is 0.154. The summed E-state index contributed by atoms with van der Waals surface area (Å²) in [6.07, 6.45) is 1.41. The van der Waals surface area contributed by atoms with Gasteiger partial charge in [0.05, 0.1) is 17.0 Å². The lowest BCUT2D eigenvalue weighted by Crippen LogP contribution is -2.11.